The zero-order valence-electron chi connectivity index (χ0n) is 10.2. The van der Waals surface area contributed by atoms with Crippen LogP contribution in [0.1, 0.15) is 6.92 Å². The van der Waals surface area contributed by atoms with Crippen molar-refractivity contribution < 1.29 is 29.6 Å². The van der Waals surface area contributed by atoms with Gasteiger partial charge in [-0.2, -0.15) is 0 Å². The standard InChI is InChI=1S/C10H17BrN2O6/c1-4(15)12-7-9(18)8(17)5(3-14)19-10(7)13-6(16)2-11/h5,7-10,14,17-18H,2-3H2,1H3,(H,12,15)(H,13,16)/t5?,7?,8-,9?,10+/m0/s1. The molecule has 1 fully saturated rings. The monoisotopic (exact) mass is 340 g/mol. The first-order valence-electron chi connectivity index (χ1n) is 5.65. The molecule has 1 aliphatic heterocycles. The van der Waals surface area contributed by atoms with Gasteiger partial charge in [-0.15, -0.1) is 0 Å². The number of carbonyl (C=O) groups excluding carboxylic acids is 2. The first kappa shape index (κ1) is 16.3. The van der Waals surface area contributed by atoms with Crippen molar-refractivity contribution in [1.29, 1.82) is 0 Å². The van der Waals surface area contributed by atoms with Crippen molar-refractivity contribution in [1.82, 2.24) is 10.6 Å². The largest absolute Gasteiger partial charge is 0.394 e. The van der Waals surface area contributed by atoms with Crippen LogP contribution in [-0.2, 0) is 14.3 Å². The van der Waals surface area contributed by atoms with Crippen LogP contribution in [0.4, 0.5) is 0 Å². The lowest BCUT2D eigenvalue weighted by Crippen LogP contribution is -2.68. The lowest BCUT2D eigenvalue weighted by molar-refractivity contribution is -0.202. The molecule has 0 bridgehead atoms. The molecular weight excluding hydrogens is 324 g/mol. The second kappa shape index (κ2) is 7.15. The Morgan fingerprint density at radius 1 is 1.26 bits per heavy atom. The molecule has 1 heterocycles. The van der Waals surface area contributed by atoms with Gasteiger partial charge in [-0.25, -0.2) is 0 Å². The van der Waals surface area contributed by atoms with Crippen molar-refractivity contribution in [2.24, 2.45) is 0 Å². The second-order valence-corrected chi connectivity index (χ2v) is 4.75. The van der Waals surface area contributed by atoms with E-state index in [1.165, 1.54) is 6.92 Å². The minimum atomic E-state index is -1.37. The fourth-order valence-corrected chi connectivity index (χ4v) is 1.99. The Hall–Kier alpha value is -0.740. The van der Waals surface area contributed by atoms with Gasteiger partial charge in [-0.1, -0.05) is 15.9 Å². The Morgan fingerprint density at radius 3 is 2.37 bits per heavy atom. The van der Waals surface area contributed by atoms with Crippen LogP contribution in [0.3, 0.4) is 0 Å². The predicted octanol–water partition coefficient (Wildman–Crippen LogP) is -2.56. The molecule has 5 N–H and O–H groups in total. The third-order valence-corrected chi connectivity index (χ3v) is 3.23. The number of amides is 2. The molecule has 9 heteroatoms. The van der Waals surface area contributed by atoms with Crippen molar-refractivity contribution in [2.45, 2.75) is 37.5 Å². The van der Waals surface area contributed by atoms with E-state index in [2.05, 4.69) is 26.6 Å². The predicted molar refractivity (Wildman–Crippen MR) is 67.3 cm³/mol. The van der Waals surface area contributed by atoms with Gasteiger partial charge in [0.25, 0.3) is 0 Å². The number of hydrogen-bond acceptors (Lipinski definition) is 6. The lowest BCUT2D eigenvalue weighted by Gasteiger charge is -2.42. The summed E-state index contributed by atoms with van der Waals surface area (Å²) in [5.74, 6) is -0.860. The zero-order valence-corrected chi connectivity index (χ0v) is 11.8. The van der Waals surface area contributed by atoms with Crippen molar-refractivity contribution in [2.75, 3.05) is 11.9 Å². The van der Waals surface area contributed by atoms with Crippen LogP contribution in [0.2, 0.25) is 0 Å². The van der Waals surface area contributed by atoms with Crippen LogP contribution in [-0.4, -0.2) is 69.7 Å². The van der Waals surface area contributed by atoms with E-state index < -0.39 is 49.0 Å². The third-order valence-electron chi connectivity index (χ3n) is 2.72. The number of carbonyl (C=O) groups is 2. The molecule has 110 valence electrons. The molecule has 3 unspecified atom stereocenters. The Morgan fingerprint density at radius 2 is 1.89 bits per heavy atom. The first-order chi connectivity index (χ1) is 8.90. The summed E-state index contributed by atoms with van der Waals surface area (Å²) in [6.45, 7) is 0.715. The van der Waals surface area contributed by atoms with E-state index >= 15 is 0 Å². The van der Waals surface area contributed by atoms with Gasteiger partial charge in [0.2, 0.25) is 11.8 Å². The van der Waals surface area contributed by atoms with Crippen LogP contribution in [0.5, 0.6) is 0 Å². The normalized spacial score (nSPS) is 34.7. The van der Waals surface area contributed by atoms with E-state index in [0.29, 0.717) is 0 Å². The average Bonchev–Trinajstić information content (AvgIpc) is 2.37. The fourth-order valence-electron chi connectivity index (χ4n) is 1.83. The van der Waals surface area contributed by atoms with E-state index in [9.17, 15) is 19.8 Å². The van der Waals surface area contributed by atoms with Gasteiger partial charge in [0.05, 0.1) is 11.9 Å². The van der Waals surface area contributed by atoms with Crippen molar-refractivity contribution in [3.05, 3.63) is 0 Å². The molecule has 0 saturated carbocycles. The Bertz CT molecular complexity index is 342. The number of halogens is 1. The summed E-state index contributed by atoms with van der Waals surface area (Å²) in [6.07, 6.45) is -4.81. The van der Waals surface area contributed by atoms with E-state index in [4.69, 9.17) is 9.84 Å². The van der Waals surface area contributed by atoms with Gasteiger partial charge < -0.3 is 30.7 Å². The van der Waals surface area contributed by atoms with Gasteiger partial charge in [0, 0.05) is 6.92 Å². The molecule has 5 atom stereocenters. The quantitative estimate of drug-likeness (QED) is 0.358. The molecule has 0 aromatic heterocycles. The molecule has 0 aromatic rings. The fraction of sp³-hybridized carbons (Fsp3) is 0.800. The summed E-state index contributed by atoms with van der Waals surface area (Å²) < 4.78 is 5.28. The number of aliphatic hydroxyl groups excluding tert-OH is 3. The van der Waals surface area contributed by atoms with Crippen molar-refractivity contribution >= 4 is 27.7 Å². The second-order valence-electron chi connectivity index (χ2n) is 4.19. The number of rotatable bonds is 4. The maximum atomic E-state index is 11.3. The van der Waals surface area contributed by atoms with Gasteiger partial charge in [-0.3, -0.25) is 9.59 Å². The van der Waals surface area contributed by atoms with E-state index in [0.717, 1.165) is 0 Å². The van der Waals surface area contributed by atoms with Crippen molar-refractivity contribution in [3.63, 3.8) is 0 Å². The molecular formula is C10H17BrN2O6. The molecule has 1 aliphatic rings. The highest BCUT2D eigenvalue weighted by molar-refractivity contribution is 9.09. The smallest absolute Gasteiger partial charge is 0.232 e. The molecule has 8 nitrogen and oxygen atoms in total. The highest BCUT2D eigenvalue weighted by Gasteiger charge is 2.45. The molecule has 2 amide bonds. The van der Waals surface area contributed by atoms with Crippen LogP contribution in [0, 0.1) is 0 Å². The third kappa shape index (κ3) is 4.11. The molecule has 0 aromatic carbocycles. The SMILES string of the molecule is CC(=O)NC1C(O)[C@@H](O)C(CO)O[C@H]1NC(=O)CBr. The highest BCUT2D eigenvalue weighted by Crippen LogP contribution is 2.20. The first-order valence-corrected chi connectivity index (χ1v) is 6.77. The van der Waals surface area contributed by atoms with Crippen LogP contribution < -0.4 is 10.6 Å². The number of ether oxygens (including phenoxy) is 1. The summed E-state index contributed by atoms with van der Waals surface area (Å²) in [6, 6.07) is -1.00. The van der Waals surface area contributed by atoms with Gasteiger partial charge >= 0.3 is 0 Å². The maximum Gasteiger partial charge on any atom is 0.232 e. The minimum Gasteiger partial charge on any atom is -0.394 e. The molecule has 19 heavy (non-hydrogen) atoms. The summed E-state index contributed by atoms with van der Waals surface area (Å²) in [5.41, 5.74) is 0. The number of hydrogen-bond donors (Lipinski definition) is 5. The highest BCUT2D eigenvalue weighted by atomic mass is 79.9. The summed E-state index contributed by atoms with van der Waals surface area (Å²) in [7, 11) is 0. The topological polar surface area (TPSA) is 128 Å². The van der Waals surface area contributed by atoms with Crippen LogP contribution in [0.15, 0.2) is 0 Å². The lowest BCUT2D eigenvalue weighted by atomic mass is 9.96. The Labute approximate surface area is 118 Å². The van der Waals surface area contributed by atoms with E-state index in [1.54, 1.807) is 0 Å². The van der Waals surface area contributed by atoms with Gasteiger partial charge in [-0.05, 0) is 0 Å². The minimum absolute atomic E-state index is 0.0160. The molecule has 0 spiro atoms. The summed E-state index contributed by atoms with van der Waals surface area (Å²) in [5, 5.41) is 33.5. The van der Waals surface area contributed by atoms with Gasteiger partial charge in [0.15, 0.2) is 6.23 Å². The molecule has 0 aliphatic carbocycles. The average molecular weight is 341 g/mol. The van der Waals surface area contributed by atoms with Crippen LogP contribution in [0.25, 0.3) is 0 Å². The molecule has 1 saturated heterocycles. The number of alkyl halides is 1. The molecule has 0 radical (unpaired) electrons. The number of aliphatic hydroxyl groups is 3. The Kier molecular flexibility index (Phi) is 6.14. The van der Waals surface area contributed by atoms with Gasteiger partial charge in [0.1, 0.15) is 24.4 Å². The van der Waals surface area contributed by atoms with Crippen molar-refractivity contribution in [3.8, 4) is 0 Å². The summed E-state index contributed by atoms with van der Waals surface area (Å²) in [4.78, 5) is 22.4. The van der Waals surface area contributed by atoms with E-state index in [1.807, 2.05) is 0 Å². The Balaban J connectivity index is 2.86. The van der Waals surface area contributed by atoms with Crippen LogP contribution >= 0.6 is 15.9 Å². The zero-order chi connectivity index (χ0) is 14.6. The maximum absolute atomic E-state index is 11.3. The number of nitrogens with one attached hydrogen (secondary N) is 2. The van der Waals surface area contributed by atoms with E-state index in [-0.39, 0.29) is 5.33 Å². The summed E-state index contributed by atoms with van der Waals surface area (Å²) >= 11 is 2.96. The molecule has 1 rings (SSSR count).